The molecule has 5 heteroatoms. The summed E-state index contributed by atoms with van der Waals surface area (Å²) in [6.45, 7) is 3.50. The number of nitro benzene ring substituents is 1. The van der Waals surface area contributed by atoms with Gasteiger partial charge in [0.2, 0.25) is 0 Å². The number of aliphatic hydroxyl groups excluding tert-OH is 1. The van der Waals surface area contributed by atoms with Gasteiger partial charge in [0.1, 0.15) is 5.69 Å². The summed E-state index contributed by atoms with van der Waals surface area (Å²) in [6.07, 6.45) is 1.67. The van der Waals surface area contributed by atoms with Crippen molar-refractivity contribution in [1.29, 1.82) is 0 Å². The first kappa shape index (κ1) is 12.4. The summed E-state index contributed by atoms with van der Waals surface area (Å²) in [5.41, 5.74) is 1.89. The van der Waals surface area contributed by atoms with E-state index in [-0.39, 0.29) is 22.6 Å². The molecule has 1 aliphatic heterocycles. The SMILES string of the molecule is Cc1ccc([N+](=O)[O-])c(N2CC3CCC(O)C3C2)c1. The molecule has 1 saturated carbocycles. The predicted molar refractivity (Wildman–Crippen MR) is 72.3 cm³/mol. The topological polar surface area (TPSA) is 66.6 Å². The highest BCUT2D eigenvalue weighted by Gasteiger charge is 2.43. The molecule has 3 rings (SSSR count). The molecule has 1 aliphatic carbocycles. The third-order valence-corrected chi connectivity index (χ3v) is 4.49. The fourth-order valence-electron chi connectivity index (χ4n) is 3.47. The van der Waals surface area contributed by atoms with Gasteiger partial charge in [-0.25, -0.2) is 0 Å². The van der Waals surface area contributed by atoms with Crippen LogP contribution in [0.4, 0.5) is 11.4 Å². The zero-order valence-electron chi connectivity index (χ0n) is 11.0. The summed E-state index contributed by atoms with van der Waals surface area (Å²) in [4.78, 5) is 12.9. The molecule has 3 unspecified atom stereocenters. The molecule has 0 amide bonds. The number of hydrogen-bond donors (Lipinski definition) is 1. The fraction of sp³-hybridized carbons (Fsp3) is 0.571. The minimum absolute atomic E-state index is 0.167. The first-order chi connectivity index (χ1) is 9.06. The van der Waals surface area contributed by atoms with Crippen LogP contribution in [0.3, 0.4) is 0 Å². The van der Waals surface area contributed by atoms with E-state index < -0.39 is 0 Å². The number of nitrogens with zero attached hydrogens (tertiary/aromatic N) is 2. The molecule has 0 radical (unpaired) electrons. The van der Waals surface area contributed by atoms with Gasteiger partial charge in [0, 0.05) is 25.1 Å². The third kappa shape index (κ3) is 2.08. The van der Waals surface area contributed by atoms with E-state index in [1.807, 2.05) is 13.0 Å². The average Bonchev–Trinajstić information content (AvgIpc) is 2.91. The van der Waals surface area contributed by atoms with E-state index in [0.717, 1.165) is 31.5 Å². The Bertz CT molecular complexity index is 517. The lowest BCUT2D eigenvalue weighted by Gasteiger charge is -2.20. The van der Waals surface area contributed by atoms with Gasteiger partial charge in [-0.3, -0.25) is 10.1 Å². The molecule has 102 valence electrons. The molecule has 2 aliphatic rings. The number of nitro groups is 1. The van der Waals surface area contributed by atoms with Crippen molar-refractivity contribution in [2.45, 2.75) is 25.9 Å². The zero-order valence-corrected chi connectivity index (χ0v) is 11.0. The summed E-state index contributed by atoms with van der Waals surface area (Å²) < 4.78 is 0. The van der Waals surface area contributed by atoms with Crippen molar-refractivity contribution in [2.24, 2.45) is 11.8 Å². The van der Waals surface area contributed by atoms with Gasteiger partial charge < -0.3 is 10.0 Å². The molecule has 1 aromatic rings. The summed E-state index contributed by atoms with van der Waals surface area (Å²) >= 11 is 0. The zero-order chi connectivity index (χ0) is 13.6. The van der Waals surface area contributed by atoms with Gasteiger partial charge in [0.05, 0.1) is 11.0 Å². The van der Waals surface area contributed by atoms with Crippen LogP contribution in [0, 0.1) is 28.9 Å². The highest BCUT2D eigenvalue weighted by Crippen LogP contribution is 2.42. The Labute approximate surface area is 112 Å². The maximum atomic E-state index is 11.1. The second-order valence-electron chi connectivity index (χ2n) is 5.72. The average molecular weight is 262 g/mol. The van der Waals surface area contributed by atoms with Crippen molar-refractivity contribution in [2.75, 3.05) is 18.0 Å². The summed E-state index contributed by atoms with van der Waals surface area (Å²) in [7, 11) is 0. The molecule has 1 heterocycles. The lowest BCUT2D eigenvalue weighted by atomic mass is 10.00. The van der Waals surface area contributed by atoms with Gasteiger partial charge >= 0.3 is 0 Å². The van der Waals surface area contributed by atoms with Crippen LogP contribution >= 0.6 is 0 Å². The van der Waals surface area contributed by atoms with Crippen molar-refractivity contribution in [3.63, 3.8) is 0 Å². The van der Waals surface area contributed by atoms with Gasteiger partial charge in [0.25, 0.3) is 5.69 Å². The van der Waals surface area contributed by atoms with Gasteiger partial charge in [-0.2, -0.15) is 0 Å². The van der Waals surface area contributed by atoms with Crippen molar-refractivity contribution in [3.05, 3.63) is 33.9 Å². The van der Waals surface area contributed by atoms with Gasteiger partial charge in [-0.15, -0.1) is 0 Å². The number of aryl methyl sites for hydroxylation is 1. The fourth-order valence-corrected chi connectivity index (χ4v) is 3.47. The van der Waals surface area contributed by atoms with E-state index in [1.54, 1.807) is 12.1 Å². The minimum Gasteiger partial charge on any atom is -0.393 e. The van der Waals surface area contributed by atoms with E-state index >= 15 is 0 Å². The summed E-state index contributed by atoms with van der Waals surface area (Å²) in [6, 6.07) is 5.23. The van der Waals surface area contributed by atoms with Crippen molar-refractivity contribution in [3.8, 4) is 0 Å². The molecule has 0 aromatic heterocycles. The first-order valence-corrected chi connectivity index (χ1v) is 6.74. The van der Waals surface area contributed by atoms with Gasteiger partial charge in [-0.1, -0.05) is 6.07 Å². The Morgan fingerprint density at radius 3 is 2.84 bits per heavy atom. The lowest BCUT2D eigenvalue weighted by Crippen LogP contribution is -2.25. The Hall–Kier alpha value is -1.62. The largest absolute Gasteiger partial charge is 0.393 e. The van der Waals surface area contributed by atoms with E-state index in [9.17, 15) is 15.2 Å². The Morgan fingerprint density at radius 2 is 2.16 bits per heavy atom. The van der Waals surface area contributed by atoms with Crippen LogP contribution in [0.25, 0.3) is 0 Å². The Kier molecular flexibility index (Phi) is 2.93. The molecule has 5 nitrogen and oxygen atoms in total. The predicted octanol–water partition coefficient (Wildman–Crippen LogP) is 2.11. The van der Waals surface area contributed by atoms with Crippen LogP contribution in [0.5, 0.6) is 0 Å². The second-order valence-corrected chi connectivity index (χ2v) is 5.72. The van der Waals surface area contributed by atoms with Crippen LogP contribution in [-0.4, -0.2) is 29.2 Å². The van der Waals surface area contributed by atoms with Crippen LogP contribution in [0.15, 0.2) is 18.2 Å². The van der Waals surface area contributed by atoms with E-state index in [2.05, 4.69) is 4.90 Å². The van der Waals surface area contributed by atoms with Crippen LogP contribution in [-0.2, 0) is 0 Å². The van der Waals surface area contributed by atoms with Crippen LogP contribution in [0.1, 0.15) is 18.4 Å². The monoisotopic (exact) mass is 262 g/mol. The van der Waals surface area contributed by atoms with E-state index in [4.69, 9.17) is 0 Å². The van der Waals surface area contributed by atoms with Gasteiger partial charge in [0.15, 0.2) is 0 Å². The summed E-state index contributed by atoms with van der Waals surface area (Å²) in [5, 5.41) is 21.1. The molecule has 19 heavy (non-hydrogen) atoms. The van der Waals surface area contributed by atoms with Crippen LogP contribution < -0.4 is 4.90 Å². The molecule has 0 bridgehead atoms. The second kappa shape index (κ2) is 4.49. The number of anilines is 1. The third-order valence-electron chi connectivity index (χ3n) is 4.49. The van der Waals surface area contributed by atoms with Gasteiger partial charge in [-0.05, 0) is 37.3 Å². The standard InChI is InChI=1S/C14H18N2O3/c1-9-2-4-12(16(18)19)13(6-9)15-7-10-3-5-14(17)11(10)8-15/h2,4,6,10-11,14,17H,3,5,7-8H2,1H3. The Morgan fingerprint density at radius 1 is 1.37 bits per heavy atom. The molecule has 1 aromatic carbocycles. The van der Waals surface area contributed by atoms with Crippen molar-refractivity contribution >= 4 is 11.4 Å². The number of benzene rings is 1. The molecule has 1 saturated heterocycles. The normalized spacial score (nSPS) is 29.6. The van der Waals surface area contributed by atoms with Crippen molar-refractivity contribution in [1.82, 2.24) is 0 Å². The number of aliphatic hydroxyl groups is 1. The van der Waals surface area contributed by atoms with Crippen molar-refractivity contribution < 1.29 is 10.0 Å². The quantitative estimate of drug-likeness (QED) is 0.654. The minimum atomic E-state index is -0.320. The summed E-state index contributed by atoms with van der Waals surface area (Å²) in [5.74, 6) is 0.759. The first-order valence-electron chi connectivity index (χ1n) is 6.74. The molecular formula is C14H18N2O3. The van der Waals surface area contributed by atoms with E-state index in [0.29, 0.717) is 11.6 Å². The smallest absolute Gasteiger partial charge is 0.292 e. The molecule has 1 N–H and O–H groups in total. The highest BCUT2D eigenvalue weighted by atomic mass is 16.6. The number of fused-ring (bicyclic) bond motifs is 1. The molecule has 3 atom stereocenters. The Balaban J connectivity index is 1.91. The molecule has 2 fully saturated rings. The van der Waals surface area contributed by atoms with Crippen LogP contribution in [0.2, 0.25) is 0 Å². The van der Waals surface area contributed by atoms with E-state index in [1.165, 1.54) is 0 Å². The number of rotatable bonds is 2. The molecular weight excluding hydrogens is 244 g/mol. The molecule has 0 spiro atoms. The maximum absolute atomic E-state index is 11.1. The highest BCUT2D eigenvalue weighted by molar-refractivity contribution is 5.65. The maximum Gasteiger partial charge on any atom is 0.292 e. The number of hydrogen-bond acceptors (Lipinski definition) is 4. The lowest BCUT2D eigenvalue weighted by molar-refractivity contribution is -0.384.